The van der Waals surface area contributed by atoms with Gasteiger partial charge >= 0.3 is 0 Å². The Balaban J connectivity index is 2.29. The van der Waals surface area contributed by atoms with Gasteiger partial charge in [0, 0.05) is 35.6 Å². The fourth-order valence-electron chi connectivity index (χ4n) is 4.10. The highest BCUT2D eigenvalue weighted by Crippen LogP contribution is 2.26. The number of carbonyl (C=O) groups excluding carboxylic acids is 2. The van der Waals surface area contributed by atoms with Crippen molar-refractivity contribution in [1.82, 2.24) is 10.2 Å². The maximum absolute atomic E-state index is 13.5. The van der Waals surface area contributed by atoms with Crippen LogP contribution in [0.25, 0.3) is 0 Å². The van der Waals surface area contributed by atoms with E-state index in [-0.39, 0.29) is 43.8 Å². The van der Waals surface area contributed by atoms with Gasteiger partial charge in [0.15, 0.2) is 0 Å². The lowest BCUT2D eigenvalue weighted by atomic mass is 10.1. The lowest BCUT2D eigenvalue weighted by Gasteiger charge is -2.32. The lowest BCUT2D eigenvalue weighted by Crippen LogP contribution is -2.50. The van der Waals surface area contributed by atoms with Gasteiger partial charge in [-0.2, -0.15) is 0 Å². The summed E-state index contributed by atoms with van der Waals surface area (Å²) in [4.78, 5) is 28.0. The van der Waals surface area contributed by atoms with Crippen molar-refractivity contribution in [3.63, 3.8) is 0 Å². The van der Waals surface area contributed by atoms with Crippen molar-refractivity contribution in [2.24, 2.45) is 0 Å². The van der Waals surface area contributed by atoms with Crippen molar-refractivity contribution in [1.29, 1.82) is 0 Å². The van der Waals surface area contributed by atoms with Crippen molar-refractivity contribution in [2.75, 3.05) is 17.1 Å². The summed E-state index contributed by atoms with van der Waals surface area (Å²) < 4.78 is 26.6. The van der Waals surface area contributed by atoms with Gasteiger partial charge in [0.2, 0.25) is 21.8 Å². The Bertz CT molecular complexity index is 1220. The van der Waals surface area contributed by atoms with Crippen LogP contribution in [0.4, 0.5) is 5.69 Å². The number of halogens is 2. The molecule has 0 saturated heterocycles. The van der Waals surface area contributed by atoms with Crippen LogP contribution in [0.1, 0.15) is 56.7 Å². The van der Waals surface area contributed by atoms with Crippen LogP contribution >= 0.6 is 23.2 Å². The van der Waals surface area contributed by atoms with Crippen LogP contribution in [0.5, 0.6) is 0 Å². The molecule has 2 aromatic rings. The molecule has 0 aliphatic heterocycles. The predicted molar refractivity (Wildman–Crippen MR) is 152 cm³/mol. The molecule has 2 aromatic carbocycles. The minimum Gasteiger partial charge on any atom is -0.352 e. The van der Waals surface area contributed by atoms with Gasteiger partial charge in [-0.15, -0.1) is 0 Å². The molecule has 10 heteroatoms. The van der Waals surface area contributed by atoms with Gasteiger partial charge in [-0.3, -0.25) is 13.9 Å². The number of rotatable bonds is 12. The Kier molecular flexibility index (Phi) is 11.3. The fraction of sp³-hybridized carbons (Fsp3) is 0.481. The Morgan fingerprint density at radius 3 is 2.30 bits per heavy atom. The molecule has 0 heterocycles. The molecule has 0 aromatic heterocycles. The zero-order chi connectivity index (χ0) is 27.9. The molecule has 0 aliphatic rings. The number of aryl methyl sites for hydroxylation is 2. The molecule has 0 saturated carbocycles. The van der Waals surface area contributed by atoms with Crippen molar-refractivity contribution in [3.8, 4) is 0 Å². The number of carbonyl (C=O) groups is 2. The van der Waals surface area contributed by atoms with Gasteiger partial charge < -0.3 is 10.2 Å². The second-order valence-corrected chi connectivity index (χ2v) is 12.3. The summed E-state index contributed by atoms with van der Waals surface area (Å²) in [6.45, 7) is 9.60. The van der Waals surface area contributed by atoms with E-state index in [0.717, 1.165) is 17.4 Å². The van der Waals surface area contributed by atoms with Crippen molar-refractivity contribution < 1.29 is 18.0 Å². The minimum atomic E-state index is -3.57. The number of nitrogens with one attached hydrogen (secondary N) is 1. The molecule has 0 fully saturated rings. The van der Waals surface area contributed by atoms with Crippen LogP contribution < -0.4 is 9.62 Å². The highest BCUT2D eigenvalue weighted by atomic mass is 35.5. The zero-order valence-electron chi connectivity index (χ0n) is 22.3. The van der Waals surface area contributed by atoms with Crippen LogP contribution in [0.15, 0.2) is 36.4 Å². The van der Waals surface area contributed by atoms with E-state index in [1.54, 1.807) is 18.2 Å². The Morgan fingerprint density at radius 2 is 1.73 bits per heavy atom. The summed E-state index contributed by atoms with van der Waals surface area (Å²) in [6, 6.07) is 9.88. The molecular weight excluding hydrogens is 533 g/mol. The normalized spacial score (nSPS) is 12.4. The molecule has 37 heavy (non-hydrogen) atoms. The number of hydrogen-bond acceptors (Lipinski definition) is 4. The summed E-state index contributed by atoms with van der Waals surface area (Å²) in [7, 11) is -3.57. The summed E-state index contributed by atoms with van der Waals surface area (Å²) in [6.07, 6.45) is 1.92. The van der Waals surface area contributed by atoms with Gasteiger partial charge in [0.25, 0.3) is 0 Å². The van der Waals surface area contributed by atoms with Crippen LogP contribution in [-0.4, -0.2) is 50.0 Å². The first-order chi connectivity index (χ1) is 17.2. The van der Waals surface area contributed by atoms with Crippen molar-refractivity contribution in [2.45, 2.75) is 72.5 Å². The first-order valence-corrected chi connectivity index (χ1v) is 14.9. The summed E-state index contributed by atoms with van der Waals surface area (Å²) in [5, 5.41) is 3.77. The van der Waals surface area contributed by atoms with Gasteiger partial charge in [-0.25, -0.2) is 8.42 Å². The maximum atomic E-state index is 13.5. The quantitative estimate of drug-likeness (QED) is 0.366. The van der Waals surface area contributed by atoms with Gasteiger partial charge in [0.05, 0.1) is 11.9 Å². The Morgan fingerprint density at radius 1 is 1.05 bits per heavy atom. The number of benzene rings is 2. The third-order valence-electron chi connectivity index (χ3n) is 5.96. The molecule has 7 nitrogen and oxygen atoms in total. The molecule has 1 atom stereocenters. The van der Waals surface area contributed by atoms with E-state index in [9.17, 15) is 18.0 Å². The second kappa shape index (κ2) is 13.5. The second-order valence-electron chi connectivity index (χ2n) is 9.57. The van der Waals surface area contributed by atoms with Gasteiger partial charge in [-0.05, 0) is 75.4 Å². The highest BCUT2D eigenvalue weighted by Gasteiger charge is 2.29. The number of hydrogen-bond donors (Lipinski definition) is 1. The van der Waals surface area contributed by atoms with E-state index in [1.807, 2.05) is 52.8 Å². The Labute approximate surface area is 231 Å². The molecular formula is C27H37Cl2N3O4S. The molecule has 204 valence electrons. The van der Waals surface area contributed by atoms with Gasteiger partial charge in [0.1, 0.15) is 6.04 Å². The third-order valence-corrected chi connectivity index (χ3v) is 7.73. The van der Waals surface area contributed by atoms with E-state index < -0.39 is 16.1 Å². The van der Waals surface area contributed by atoms with Crippen LogP contribution in [0.2, 0.25) is 10.0 Å². The number of amides is 2. The topological polar surface area (TPSA) is 86.8 Å². The minimum absolute atomic E-state index is 0.0630. The van der Waals surface area contributed by atoms with Crippen LogP contribution in [0.3, 0.4) is 0 Å². The average Bonchev–Trinajstić information content (AvgIpc) is 2.78. The van der Waals surface area contributed by atoms with Crippen molar-refractivity contribution in [3.05, 3.63) is 63.1 Å². The first kappa shape index (κ1) is 30.9. The molecule has 0 spiro atoms. The molecule has 2 amide bonds. The zero-order valence-corrected chi connectivity index (χ0v) is 24.7. The van der Waals surface area contributed by atoms with E-state index in [1.165, 1.54) is 9.21 Å². The van der Waals surface area contributed by atoms with Gasteiger partial charge in [-0.1, -0.05) is 48.3 Å². The van der Waals surface area contributed by atoms with Crippen LogP contribution in [-0.2, 0) is 26.2 Å². The maximum Gasteiger partial charge on any atom is 0.243 e. The smallest absolute Gasteiger partial charge is 0.243 e. The largest absolute Gasteiger partial charge is 0.352 e. The highest BCUT2D eigenvalue weighted by molar-refractivity contribution is 7.92. The molecule has 0 unspecified atom stereocenters. The van der Waals surface area contributed by atoms with Crippen LogP contribution in [0, 0.1) is 13.8 Å². The van der Waals surface area contributed by atoms with E-state index in [4.69, 9.17) is 23.2 Å². The molecule has 0 aliphatic carbocycles. The van der Waals surface area contributed by atoms with E-state index in [0.29, 0.717) is 27.7 Å². The number of nitrogens with zero attached hydrogens (tertiary/aromatic N) is 2. The number of anilines is 1. The molecule has 0 bridgehead atoms. The Hall–Kier alpha value is -2.29. The predicted octanol–water partition coefficient (Wildman–Crippen LogP) is 5.49. The monoisotopic (exact) mass is 569 g/mol. The first-order valence-electron chi connectivity index (χ1n) is 12.3. The average molecular weight is 571 g/mol. The van der Waals surface area contributed by atoms with E-state index >= 15 is 0 Å². The van der Waals surface area contributed by atoms with E-state index in [2.05, 4.69) is 5.32 Å². The molecule has 2 rings (SSSR count). The summed E-state index contributed by atoms with van der Waals surface area (Å²) >= 11 is 12.4. The summed E-state index contributed by atoms with van der Waals surface area (Å²) in [5.41, 5.74) is 3.04. The SMILES string of the molecule is CC[C@H](C(=O)NC(C)C)N(Cc1ccc(Cl)cc1Cl)C(=O)CCCN(c1cc(C)ccc1C)S(C)(=O)=O. The van der Waals surface area contributed by atoms with Crippen molar-refractivity contribution >= 4 is 50.7 Å². The summed E-state index contributed by atoms with van der Waals surface area (Å²) in [5.74, 6) is -0.504. The standard InChI is InChI=1S/C27H37Cl2N3O4S/c1-7-24(27(34)30-18(2)3)31(17-21-12-13-22(28)16-23(21)29)26(33)9-8-14-32(37(6,35)36)25-15-19(4)10-11-20(25)5/h10-13,15-16,18,24H,7-9,14,17H2,1-6H3,(H,30,34)/t24-/m1/s1. The fourth-order valence-corrected chi connectivity index (χ4v) is 5.59. The lowest BCUT2D eigenvalue weighted by molar-refractivity contribution is -0.141. The molecule has 0 radical (unpaired) electrons. The molecule has 1 N–H and O–H groups in total. The number of sulfonamides is 1. The third kappa shape index (κ3) is 8.90.